The van der Waals surface area contributed by atoms with Gasteiger partial charge in [-0.25, -0.2) is 0 Å². The number of nitrogens with one attached hydrogen (secondary N) is 2. The summed E-state index contributed by atoms with van der Waals surface area (Å²) in [7, 11) is 5.20. The van der Waals surface area contributed by atoms with Gasteiger partial charge in [-0.1, -0.05) is 24.3 Å². The Hall–Kier alpha value is -2.93. The van der Waals surface area contributed by atoms with Crippen molar-refractivity contribution in [3.8, 4) is 11.5 Å². The quantitative estimate of drug-likeness (QED) is 0.346. The Morgan fingerprint density at radius 1 is 1.10 bits per heavy atom. The third-order valence-electron chi connectivity index (χ3n) is 5.36. The maximum absolute atomic E-state index is 5.77. The van der Waals surface area contributed by atoms with Gasteiger partial charge in [0, 0.05) is 39.3 Å². The van der Waals surface area contributed by atoms with Crippen LogP contribution in [0.15, 0.2) is 53.5 Å². The molecular formula is C24H34N4O3. The average Bonchev–Trinajstić information content (AvgIpc) is 3.29. The molecule has 2 aromatic rings. The number of para-hydroxylation sites is 2. The van der Waals surface area contributed by atoms with Crippen molar-refractivity contribution in [3.63, 3.8) is 0 Å². The highest BCUT2D eigenvalue weighted by Crippen LogP contribution is 2.30. The first-order valence-electron chi connectivity index (χ1n) is 10.8. The predicted molar refractivity (Wildman–Crippen MR) is 125 cm³/mol. The van der Waals surface area contributed by atoms with Crippen molar-refractivity contribution in [2.75, 3.05) is 52.4 Å². The fourth-order valence-corrected chi connectivity index (χ4v) is 3.67. The number of rotatable bonds is 10. The SMILES string of the molecule is CN=C(NCCCOCc1ccc(OC)cc1)NC1CCN(c2ccccc2OC)C1. The molecular weight excluding hydrogens is 392 g/mol. The number of guanidine groups is 1. The molecule has 1 heterocycles. The molecule has 7 nitrogen and oxygen atoms in total. The fourth-order valence-electron chi connectivity index (χ4n) is 3.67. The van der Waals surface area contributed by atoms with Crippen LogP contribution in [-0.4, -0.2) is 59.5 Å². The Morgan fingerprint density at radius 2 is 1.90 bits per heavy atom. The Balaban J connectivity index is 1.33. The fraction of sp³-hybridized carbons (Fsp3) is 0.458. The van der Waals surface area contributed by atoms with Crippen LogP contribution in [0.25, 0.3) is 0 Å². The van der Waals surface area contributed by atoms with Gasteiger partial charge in [-0.15, -0.1) is 0 Å². The van der Waals surface area contributed by atoms with E-state index in [0.29, 0.717) is 19.3 Å². The lowest BCUT2D eigenvalue weighted by Crippen LogP contribution is -2.45. The molecule has 2 N–H and O–H groups in total. The summed E-state index contributed by atoms with van der Waals surface area (Å²) in [5.74, 6) is 2.61. The van der Waals surface area contributed by atoms with E-state index in [1.165, 1.54) is 0 Å². The molecule has 0 amide bonds. The van der Waals surface area contributed by atoms with Crippen LogP contribution in [0.3, 0.4) is 0 Å². The van der Waals surface area contributed by atoms with Crippen LogP contribution in [0, 0.1) is 0 Å². The molecule has 168 valence electrons. The number of anilines is 1. The van der Waals surface area contributed by atoms with Crippen molar-refractivity contribution in [2.24, 2.45) is 4.99 Å². The van der Waals surface area contributed by atoms with E-state index >= 15 is 0 Å². The molecule has 0 spiro atoms. The van der Waals surface area contributed by atoms with Gasteiger partial charge < -0.3 is 29.7 Å². The largest absolute Gasteiger partial charge is 0.497 e. The van der Waals surface area contributed by atoms with E-state index in [4.69, 9.17) is 14.2 Å². The molecule has 7 heteroatoms. The summed E-state index contributed by atoms with van der Waals surface area (Å²) in [6.45, 7) is 4.03. The molecule has 0 saturated carbocycles. The zero-order valence-corrected chi connectivity index (χ0v) is 18.8. The van der Waals surface area contributed by atoms with E-state index in [0.717, 1.165) is 61.2 Å². The van der Waals surface area contributed by atoms with E-state index in [2.05, 4.69) is 32.7 Å². The lowest BCUT2D eigenvalue weighted by Gasteiger charge is -2.22. The topological polar surface area (TPSA) is 67.4 Å². The normalized spacial score (nSPS) is 16.3. The molecule has 0 aromatic heterocycles. The predicted octanol–water partition coefficient (Wildman–Crippen LogP) is 3.05. The summed E-state index contributed by atoms with van der Waals surface area (Å²) < 4.78 is 16.4. The summed E-state index contributed by atoms with van der Waals surface area (Å²) in [5, 5.41) is 6.92. The van der Waals surface area contributed by atoms with Gasteiger partial charge in [-0.05, 0) is 42.7 Å². The van der Waals surface area contributed by atoms with Gasteiger partial charge in [0.1, 0.15) is 11.5 Å². The molecule has 1 aliphatic heterocycles. The van der Waals surface area contributed by atoms with Crippen molar-refractivity contribution in [3.05, 3.63) is 54.1 Å². The number of methoxy groups -OCH3 is 2. The Morgan fingerprint density at radius 3 is 2.65 bits per heavy atom. The third kappa shape index (κ3) is 6.79. The van der Waals surface area contributed by atoms with E-state index in [1.807, 2.05) is 43.4 Å². The minimum absolute atomic E-state index is 0.349. The van der Waals surface area contributed by atoms with Crippen molar-refractivity contribution in [1.29, 1.82) is 0 Å². The first-order chi connectivity index (χ1) is 15.2. The number of benzene rings is 2. The van der Waals surface area contributed by atoms with Crippen LogP contribution in [0.1, 0.15) is 18.4 Å². The van der Waals surface area contributed by atoms with Crippen LogP contribution in [-0.2, 0) is 11.3 Å². The summed E-state index contributed by atoms with van der Waals surface area (Å²) in [5.41, 5.74) is 2.29. The number of aliphatic imine (C=N–C) groups is 1. The average molecular weight is 427 g/mol. The second kappa shape index (κ2) is 12.1. The highest BCUT2D eigenvalue weighted by atomic mass is 16.5. The van der Waals surface area contributed by atoms with Crippen molar-refractivity contribution in [1.82, 2.24) is 10.6 Å². The van der Waals surface area contributed by atoms with Gasteiger partial charge >= 0.3 is 0 Å². The summed E-state index contributed by atoms with van der Waals surface area (Å²) >= 11 is 0. The standard InChI is InChI=1S/C24H34N4O3/c1-25-24(26-14-6-16-31-18-19-9-11-21(29-2)12-10-19)27-20-13-15-28(17-20)22-7-4-5-8-23(22)30-3/h4-5,7-12,20H,6,13-18H2,1-3H3,(H2,25,26,27). The van der Waals surface area contributed by atoms with Crippen LogP contribution in [0.2, 0.25) is 0 Å². The lowest BCUT2D eigenvalue weighted by atomic mass is 10.2. The zero-order chi connectivity index (χ0) is 21.9. The van der Waals surface area contributed by atoms with Crippen LogP contribution >= 0.6 is 0 Å². The van der Waals surface area contributed by atoms with Crippen LogP contribution < -0.4 is 25.0 Å². The van der Waals surface area contributed by atoms with E-state index in [-0.39, 0.29) is 0 Å². The number of hydrogen-bond acceptors (Lipinski definition) is 5. The molecule has 1 saturated heterocycles. The maximum Gasteiger partial charge on any atom is 0.191 e. The monoisotopic (exact) mass is 426 g/mol. The second-order valence-electron chi connectivity index (χ2n) is 7.50. The van der Waals surface area contributed by atoms with Crippen LogP contribution in [0.4, 0.5) is 5.69 Å². The van der Waals surface area contributed by atoms with Gasteiger partial charge in [0.25, 0.3) is 0 Å². The molecule has 3 rings (SSSR count). The van der Waals surface area contributed by atoms with Crippen molar-refractivity contribution < 1.29 is 14.2 Å². The van der Waals surface area contributed by atoms with Gasteiger partial charge in [-0.2, -0.15) is 0 Å². The minimum atomic E-state index is 0.349. The molecule has 1 atom stereocenters. The molecule has 0 radical (unpaired) electrons. The summed E-state index contributed by atoms with van der Waals surface area (Å²) in [4.78, 5) is 6.72. The smallest absolute Gasteiger partial charge is 0.191 e. The van der Waals surface area contributed by atoms with E-state index < -0.39 is 0 Å². The lowest BCUT2D eigenvalue weighted by molar-refractivity contribution is 0.119. The molecule has 2 aromatic carbocycles. The number of ether oxygens (including phenoxy) is 3. The van der Waals surface area contributed by atoms with E-state index in [9.17, 15) is 0 Å². The highest BCUT2D eigenvalue weighted by molar-refractivity contribution is 5.80. The highest BCUT2D eigenvalue weighted by Gasteiger charge is 2.25. The minimum Gasteiger partial charge on any atom is -0.497 e. The first-order valence-corrected chi connectivity index (χ1v) is 10.8. The zero-order valence-electron chi connectivity index (χ0n) is 18.8. The Bertz CT molecular complexity index is 826. The molecule has 1 fully saturated rings. The van der Waals surface area contributed by atoms with Gasteiger partial charge in [0.15, 0.2) is 5.96 Å². The van der Waals surface area contributed by atoms with Gasteiger partial charge in [0.05, 0.1) is 26.5 Å². The van der Waals surface area contributed by atoms with E-state index in [1.54, 1.807) is 14.2 Å². The third-order valence-corrected chi connectivity index (χ3v) is 5.36. The molecule has 31 heavy (non-hydrogen) atoms. The number of nitrogens with zero attached hydrogens (tertiary/aromatic N) is 2. The maximum atomic E-state index is 5.77. The molecule has 1 aliphatic rings. The Kier molecular flexibility index (Phi) is 8.84. The second-order valence-corrected chi connectivity index (χ2v) is 7.50. The number of hydrogen-bond donors (Lipinski definition) is 2. The first kappa shape index (κ1) is 22.7. The van der Waals surface area contributed by atoms with Crippen molar-refractivity contribution in [2.45, 2.75) is 25.5 Å². The molecule has 0 bridgehead atoms. The molecule has 1 unspecified atom stereocenters. The van der Waals surface area contributed by atoms with Crippen LogP contribution in [0.5, 0.6) is 11.5 Å². The Labute approximate surface area is 185 Å². The van der Waals surface area contributed by atoms with Crippen molar-refractivity contribution >= 4 is 11.6 Å². The summed E-state index contributed by atoms with van der Waals surface area (Å²) in [6.07, 6.45) is 1.97. The van der Waals surface area contributed by atoms with Gasteiger partial charge in [0.2, 0.25) is 0 Å². The molecule has 0 aliphatic carbocycles. The summed E-state index contributed by atoms with van der Waals surface area (Å²) in [6, 6.07) is 16.5. The van der Waals surface area contributed by atoms with Gasteiger partial charge in [-0.3, -0.25) is 4.99 Å².